The van der Waals surface area contributed by atoms with E-state index in [0.29, 0.717) is 5.11 Å². The maximum atomic E-state index is 6.18. The molecule has 0 heterocycles. The van der Waals surface area contributed by atoms with Crippen LogP contribution in [-0.4, -0.2) is 11.7 Å². The predicted octanol–water partition coefficient (Wildman–Crippen LogP) is 4.11. The minimum absolute atomic E-state index is 0.0791. The van der Waals surface area contributed by atoms with Crippen LogP contribution < -0.4 is 10.6 Å². The second kappa shape index (κ2) is 8.01. The molecular formula is C17H19ClN2S. The molecule has 1 atom stereocenters. The monoisotopic (exact) mass is 318 g/mol. The van der Waals surface area contributed by atoms with Crippen LogP contribution >= 0.6 is 23.8 Å². The Morgan fingerprint density at radius 3 is 2.48 bits per heavy atom. The van der Waals surface area contributed by atoms with Crippen LogP contribution in [0.15, 0.2) is 54.6 Å². The van der Waals surface area contributed by atoms with Crippen molar-refractivity contribution in [1.29, 1.82) is 0 Å². The molecule has 0 aliphatic carbocycles. The van der Waals surface area contributed by atoms with Crippen molar-refractivity contribution in [1.82, 2.24) is 10.6 Å². The van der Waals surface area contributed by atoms with Crippen LogP contribution in [0.3, 0.4) is 0 Å². The summed E-state index contributed by atoms with van der Waals surface area (Å²) >= 11 is 11.5. The second-order valence-corrected chi connectivity index (χ2v) is 5.69. The van der Waals surface area contributed by atoms with Gasteiger partial charge in [0.1, 0.15) is 0 Å². The third kappa shape index (κ3) is 5.03. The number of thiocarbonyl (C=S) groups is 1. The van der Waals surface area contributed by atoms with Gasteiger partial charge >= 0.3 is 0 Å². The summed E-state index contributed by atoms with van der Waals surface area (Å²) in [5.74, 6) is 0. The van der Waals surface area contributed by atoms with E-state index >= 15 is 0 Å². The van der Waals surface area contributed by atoms with Crippen LogP contribution in [0.2, 0.25) is 5.02 Å². The van der Waals surface area contributed by atoms with Crippen molar-refractivity contribution in [2.45, 2.75) is 19.4 Å². The Kier molecular flexibility index (Phi) is 6.03. The summed E-state index contributed by atoms with van der Waals surface area (Å²) in [5, 5.41) is 7.89. The van der Waals surface area contributed by atoms with Gasteiger partial charge in [-0.2, -0.15) is 0 Å². The molecule has 0 spiro atoms. The maximum Gasteiger partial charge on any atom is 0.166 e. The van der Waals surface area contributed by atoms with Gasteiger partial charge in [-0.15, -0.1) is 0 Å². The number of hydrogen-bond donors (Lipinski definition) is 2. The lowest BCUT2D eigenvalue weighted by atomic mass is 10.1. The minimum atomic E-state index is 0.0791. The third-order valence-corrected chi connectivity index (χ3v) is 3.87. The molecule has 2 aromatic rings. The molecule has 0 aromatic heterocycles. The first-order valence-electron chi connectivity index (χ1n) is 6.99. The van der Waals surface area contributed by atoms with Gasteiger partial charge in [0, 0.05) is 11.6 Å². The second-order valence-electron chi connectivity index (χ2n) is 4.88. The molecule has 0 saturated heterocycles. The Hall–Kier alpha value is -1.58. The average Bonchev–Trinajstić information content (AvgIpc) is 2.48. The Bertz CT molecular complexity index is 586. The summed E-state index contributed by atoms with van der Waals surface area (Å²) in [6.45, 7) is 2.86. The quantitative estimate of drug-likeness (QED) is 0.811. The molecular weight excluding hydrogens is 300 g/mol. The van der Waals surface area contributed by atoms with E-state index in [1.54, 1.807) is 0 Å². The highest BCUT2D eigenvalue weighted by Crippen LogP contribution is 2.21. The standard InChI is InChI=1S/C17H19ClN2S/c1-13(15-9-5-6-10-16(15)18)20-17(21)19-12-11-14-7-3-2-4-8-14/h2-10,13H,11-12H2,1H3,(H2,19,20,21)/t13-/m0/s1. The van der Waals surface area contributed by atoms with Crippen LogP contribution in [0, 0.1) is 0 Å². The number of benzene rings is 2. The third-order valence-electron chi connectivity index (χ3n) is 3.26. The molecule has 0 aliphatic rings. The predicted molar refractivity (Wildman–Crippen MR) is 93.7 cm³/mol. The van der Waals surface area contributed by atoms with E-state index < -0.39 is 0 Å². The lowest BCUT2D eigenvalue weighted by molar-refractivity contribution is 0.697. The molecule has 0 radical (unpaired) electrons. The highest BCUT2D eigenvalue weighted by Gasteiger charge is 2.09. The molecule has 0 saturated carbocycles. The van der Waals surface area contributed by atoms with E-state index in [1.807, 2.05) is 49.4 Å². The fourth-order valence-electron chi connectivity index (χ4n) is 2.12. The van der Waals surface area contributed by atoms with E-state index in [2.05, 4.69) is 22.8 Å². The Labute approximate surface area is 136 Å². The zero-order chi connectivity index (χ0) is 15.1. The van der Waals surface area contributed by atoms with Crippen molar-refractivity contribution in [3.63, 3.8) is 0 Å². The van der Waals surface area contributed by atoms with Crippen molar-refractivity contribution >= 4 is 28.9 Å². The molecule has 0 fully saturated rings. The average molecular weight is 319 g/mol. The molecule has 2 rings (SSSR count). The summed E-state index contributed by atoms with van der Waals surface area (Å²) in [6.07, 6.45) is 0.948. The lowest BCUT2D eigenvalue weighted by Crippen LogP contribution is -2.37. The first kappa shape index (κ1) is 15.8. The lowest BCUT2D eigenvalue weighted by Gasteiger charge is -2.18. The van der Waals surface area contributed by atoms with Crippen LogP contribution in [0.1, 0.15) is 24.1 Å². The largest absolute Gasteiger partial charge is 0.362 e. The Morgan fingerprint density at radius 1 is 1.10 bits per heavy atom. The van der Waals surface area contributed by atoms with E-state index in [1.165, 1.54) is 5.56 Å². The van der Waals surface area contributed by atoms with Gasteiger partial charge in [0.05, 0.1) is 6.04 Å². The number of nitrogens with one attached hydrogen (secondary N) is 2. The topological polar surface area (TPSA) is 24.1 Å². The molecule has 0 aliphatic heterocycles. The fourth-order valence-corrected chi connectivity index (χ4v) is 2.69. The van der Waals surface area contributed by atoms with Crippen LogP contribution in [0.25, 0.3) is 0 Å². The van der Waals surface area contributed by atoms with Gasteiger partial charge in [0.2, 0.25) is 0 Å². The number of hydrogen-bond acceptors (Lipinski definition) is 1. The summed E-state index contributed by atoms with van der Waals surface area (Å²) in [4.78, 5) is 0. The van der Waals surface area contributed by atoms with E-state index in [-0.39, 0.29) is 6.04 Å². The molecule has 4 heteroatoms. The zero-order valence-electron chi connectivity index (χ0n) is 12.0. The molecule has 2 nitrogen and oxygen atoms in total. The van der Waals surface area contributed by atoms with E-state index in [4.69, 9.17) is 23.8 Å². The zero-order valence-corrected chi connectivity index (χ0v) is 13.5. The Morgan fingerprint density at radius 2 is 1.76 bits per heavy atom. The van der Waals surface area contributed by atoms with Crippen molar-refractivity contribution in [3.05, 3.63) is 70.7 Å². The van der Waals surface area contributed by atoms with E-state index in [9.17, 15) is 0 Å². The van der Waals surface area contributed by atoms with Crippen LogP contribution in [0.4, 0.5) is 0 Å². The molecule has 0 amide bonds. The summed E-state index contributed by atoms with van der Waals surface area (Å²) in [6, 6.07) is 18.2. The first-order chi connectivity index (χ1) is 10.2. The van der Waals surface area contributed by atoms with Crippen LogP contribution in [-0.2, 0) is 6.42 Å². The van der Waals surface area contributed by atoms with Crippen LogP contribution in [0.5, 0.6) is 0 Å². The highest BCUT2D eigenvalue weighted by molar-refractivity contribution is 7.80. The number of halogens is 1. The van der Waals surface area contributed by atoms with Gasteiger partial charge in [-0.3, -0.25) is 0 Å². The van der Waals surface area contributed by atoms with Crippen molar-refractivity contribution < 1.29 is 0 Å². The first-order valence-corrected chi connectivity index (χ1v) is 7.78. The van der Waals surface area contributed by atoms with Crippen molar-refractivity contribution in [3.8, 4) is 0 Å². The molecule has 21 heavy (non-hydrogen) atoms. The summed E-state index contributed by atoms with van der Waals surface area (Å²) in [7, 11) is 0. The maximum absolute atomic E-state index is 6.18. The summed E-state index contributed by atoms with van der Waals surface area (Å²) in [5.41, 5.74) is 2.35. The molecule has 2 aromatic carbocycles. The van der Waals surface area contributed by atoms with Gasteiger partial charge in [0.15, 0.2) is 5.11 Å². The Balaban J connectivity index is 1.78. The summed E-state index contributed by atoms with van der Waals surface area (Å²) < 4.78 is 0. The smallest absolute Gasteiger partial charge is 0.166 e. The molecule has 110 valence electrons. The van der Waals surface area contributed by atoms with Crippen molar-refractivity contribution in [2.75, 3.05) is 6.54 Å². The number of rotatable bonds is 5. The van der Waals surface area contributed by atoms with Gasteiger partial charge in [-0.25, -0.2) is 0 Å². The fraction of sp³-hybridized carbons (Fsp3) is 0.235. The molecule has 0 unspecified atom stereocenters. The SMILES string of the molecule is C[C@H](NC(=S)NCCc1ccccc1)c1ccccc1Cl. The van der Waals surface area contributed by atoms with Gasteiger partial charge in [0.25, 0.3) is 0 Å². The van der Waals surface area contributed by atoms with Gasteiger partial charge in [-0.05, 0) is 42.8 Å². The normalized spacial score (nSPS) is 11.7. The highest BCUT2D eigenvalue weighted by atomic mass is 35.5. The molecule has 0 bridgehead atoms. The minimum Gasteiger partial charge on any atom is -0.362 e. The van der Waals surface area contributed by atoms with Gasteiger partial charge in [-0.1, -0.05) is 60.1 Å². The van der Waals surface area contributed by atoms with E-state index in [0.717, 1.165) is 23.6 Å². The molecule has 2 N–H and O–H groups in total. The van der Waals surface area contributed by atoms with Gasteiger partial charge < -0.3 is 10.6 Å². The van der Waals surface area contributed by atoms with Crippen molar-refractivity contribution in [2.24, 2.45) is 0 Å².